The van der Waals surface area contributed by atoms with Gasteiger partial charge in [0.05, 0.1) is 6.10 Å². The number of nitrogens with two attached hydrogens (primary N) is 1. The molecule has 3 nitrogen and oxygen atoms in total. The van der Waals surface area contributed by atoms with Crippen LogP contribution in [0.4, 0.5) is 0 Å². The molecule has 1 aliphatic rings. The third-order valence-corrected chi connectivity index (χ3v) is 2.66. The van der Waals surface area contributed by atoms with E-state index in [2.05, 4.69) is 17.0 Å². The summed E-state index contributed by atoms with van der Waals surface area (Å²) in [6, 6.07) is 10.2. The van der Waals surface area contributed by atoms with E-state index in [-0.39, 0.29) is 12.1 Å². The lowest BCUT2D eigenvalue weighted by molar-refractivity contribution is 0.164. The van der Waals surface area contributed by atoms with Crippen molar-refractivity contribution in [2.75, 3.05) is 13.1 Å². The minimum absolute atomic E-state index is 0.0845. The van der Waals surface area contributed by atoms with Gasteiger partial charge in [0.15, 0.2) is 0 Å². The summed E-state index contributed by atoms with van der Waals surface area (Å²) < 4.78 is 0. The Kier molecular flexibility index (Phi) is 2.82. The Labute approximate surface area is 84.1 Å². The summed E-state index contributed by atoms with van der Waals surface area (Å²) in [7, 11) is 0. The molecule has 1 aromatic rings. The van der Waals surface area contributed by atoms with Crippen molar-refractivity contribution in [3.8, 4) is 0 Å². The summed E-state index contributed by atoms with van der Waals surface area (Å²) in [5.41, 5.74) is 7.00. The maximum absolute atomic E-state index is 9.48. The fourth-order valence-corrected chi connectivity index (χ4v) is 1.87. The Hall–Kier alpha value is -0.900. The Bertz CT molecular complexity index is 279. The molecule has 1 heterocycles. The summed E-state index contributed by atoms with van der Waals surface area (Å²) in [5, 5.41) is 9.48. The number of likely N-dealkylation sites (tertiary alicyclic amines) is 1. The SMILES string of the molecule is N[C@@H]1CN(Cc2ccccc2)C[C@H]1O. The van der Waals surface area contributed by atoms with Crippen LogP contribution in [0, 0.1) is 0 Å². The van der Waals surface area contributed by atoms with Crippen molar-refractivity contribution >= 4 is 0 Å². The van der Waals surface area contributed by atoms with Gasteiger partial charge in [0.1, 0.15) is 0 Å². The van der Waals surface area contributed by atoms with Gasteiger partial charge < -0.3 is 10.8 Å². The zero-order chi connectivity index (χ0) is 9.97. The Morgan fingerprint density at radius 1 is 1.29 bits per heavy atom. The number of nitrogens with zero attached hydrogens (tertiary/aromatic N) is 1. The largest absolute Gasteiger partial charge is 0.390 e. The smallest absolute Gasteiger partial charge is 0.0830 e. The lowest BCUT2D eigenvalue weighted by Gasteiger charge is -2.14. The Morgan fingerprint density at radius 3 is 2.57 bits per heavy atom. The van der Waals surface area contributed by atoms with E-state index in [1.807, 2.05) is 18.2 Å². The fourth-order valence-electron chi connectivity index (χ4n) is 1.87. The van der Waals surface area contributed by atoms with Crippen molar-refractivity contribution < 1.29 is 5.11 Å². The minimum Gasteiger partial charge on any atom is -0.390 e. The van der Waals surface area contributed by atoms with Crippen LogP contribution in [0.2, 0.25) is 0 Å². The Morgan fingerprint density at radius 2 is 2.00 bits per heavy atom. The van der Waals surface area contributed by atoms with Gasteiger partial charge in [-0.15, -0.1) is 0 Å². The summed E-state index contributed by atoms with van der Waals surface area (Å²) in [6.07, 6.45) is -0.362. The normalized spacial score (nSPS) is 28.1. The van der Waals surface area contributed by atoms with Gasteiger partial charge in [-0.1, -0.05) is 30.3 Å². The molecule has 0 amide bonds. The summed E-state index contributed by atoms with van der Waals surface area (Å²) in [6.45, 7) is 2.36. The summed E-state index contributed by atoms with van der Waals surface area (Å²) in [5.74, 6) is 0. The standard InChI is InChI=1S/C11H16N2O/c12-10-7-13(8-11(10)14)6-9-4-2-1-3-5-9/h1-5,10-11,14H,6-8,12H2/t10-,11-/m1/s1. The zero-order valence-electron chi connectivity index (χ0n) is 8.13. The molecule has 0 bridgehead atoms. The molecule has 14 heavy (non-hydrogen) atoms. The first kappa shape index (κ1) is 9.65. The predicted octanol–water partition coefficient (Wildman–Crippen LogP) is 0.190. The van der Waals surface area contributed by atoms with Crippen LogP contribution >= 0.6 is 0 Å². The molecule has 1 saturated heterocycles. The van der Waals surface area contributed by atoms with Crippen LogP contribution in [-0.4, -0.2) is 35.2 Å². The molecule has 0 saturated carbocycles. The van der Waals surface area contributed by atoms with Gasteiger partial charge in [0, 0.05) is 25.7 Å². The third kappa shape index (κ3) is 2.12. The second-order valence-electron chi connectivity index (χ2n) is 3.91. The minimum atomic E-state index is -0.362. The van der Waals surface area contributed by atoms with E-state index in [1.165, 1.54) is 5.56 Å². The highest BCUT2D eigenvalue weighted by Gasteiger charge is 2.27. The molecule has 76 valence electrons. The van der Waals surface area contributed by atoms with E-state index in [1.54, 1.807) is 0 Å². The van der Waals surface area contributed by atoms with Crippen molar-refractivity contribution in [1.82, 2.24) is 4.90 Å². The van der Waals surface area contributed by atoms with Gasteiger partial charge in [0.2, 0.25) is 0 Å². The lowest BCUT2D eigenvalue weighted by atomic mass is 10.2. The number of rotatable bonds is 2. The second kappa shape index (κ2) is 4.09. The first-order valence-electron chi connectivity index (χ1n) is 4.95. The highest BCUT2D eigenvalue weighted by Crippen LogP contribution is 2.12. The monoisotopic (exact) mass is 192 g/mol. The van der Waals surface area contributed by atoms with E-state index in [9.17, 15) is 5.11 Å². The van der Waals surface area contributed by atoms with Crippen molar-refractivity contribution in [3.05, 3.63) is 35.9 Å². The number of β-amino-alcohol motifs (C(OH)–C–C–N with tert-alkyl or cyclic N) is 1. The van der Waals surface area contributed by atoms with Crippen LogP contribution in [0.3, 0.4) is 0 Å². The van der Waals surface area contributed by atoms with E-state index >= 15 is 0 Å². The maximum Gasteiger partial charge on any atom is 0.0830 e. The predicted molar refractivity (Wildman–Crippen MR) is 55.7 cm³/mol. The summed E-state index contributed by atoms with van der Waals surface area (Å²) in [4.78, 5) is 2.19. The molecule has 3 N–H and O–H groups in total. The van der Waals surface area contributed by atoms with Crippen LogP contribution in [0.1, 0.15) is 5.56 Å². The average molecular weight is 192 g/mol. The molecular formula is C11H16N2O. The molecule has 2 atom stereocenters. The fraction of sp³-hybridized carbons (Fsp3) is 0.455. The molecule has 2 rings (SSSR count). The third-order valence-electron chi connectivity index (χ3n) is 2.66. The molecule has 1 fully saturated rings. The molecule has 1 aromatic carbocycles. The highest BCUT2D eigenvalue weighted by atomic mass is 16.3. The van der Waals surface area contributed by atoms with Gasteiger partial charge in [-0.3, -0.25) is 4.90 Å². The van der Waals surface area contributed by atoms with Gasteiger partial charge >= 0.3 is 0 Å². The summed E-state index contributed by atoms with van der Waals surface area (Å²) >= 11 is 0. The van der Waals surface area contributed by atoms with Gasteiger partial charge in [-0.2, -0.15) is 0 Å². The number of benzene rings is 1. The lowest BCUT2D eigenvalue weighted by Crippen LogP contribution is -2.32. The topological polar surface area (TPSA) is 49.5 Å². The van der Waals surface area contributed by atoms with Crippen molar-refractivity contribution in [1.29, 1.82) is 0 Å². The van der Waals surface area contributed by atoms with Gasteiger partial charge in [0.25, 0.3) is 0 Å². The van der Waals surface area contributed by atoms with Gasteiger partial charge in [-0.25, -0.2) is 0 Å². The number of hydrogen-bond acceptors (Lipinski definition) is 3. The van der Waals surface area contributed by atoms with Crippen LogP contribution in [0.15, 0.2) is 30.3 Å². The molecule has 0 radical (unpaired) electrons. The number of hydrogen-bond donors (Lipinski definition) is 2. The van der Waals surface area contributed by atoms with Gasteiger partial charge in [-0.05, 0) is 5.56 Å². The van der Waals surface area contributed by atoms with E-state index < -0.39 is 0 Å². The first-order chi connectivity index (χ1) is 6.75. The average Bonchev–Trinajstić information content (AvgIpc) is 2.47. The first-order valence-corrected chi connectivity index (χ1v) is 4.95. The van der Waals surface area contributed by atoms with Crippen LogP contribution in [0.5, 0.6) is 0 Å². The van der Waals surface area contributed by atoms with Crippen LogP contribution < -0.4 is 5.73 Å². The molecular weight excluding hydrogens is 176 g/mol. The molecule has 0 unspecified atom stereocenters. The van der Waals surface area contributed by atoms with Crippen molar-refractivity contribution in [2.24, 2.45) is 5.73 Å². The van der Waals surface area contributed by atoms with Crippen molar-refractivity contribution in [3.63, 3.8) is 0 Å². The van der Waals surface area contributed by atoms with Crippen LogP contribution in [0.25, 0.3) is 0 Å². The second-order valence-corrected chi connectivity index (χ2v) is 3.91. The van der Waals surface area contributed by atoms with E-state index in [4.69, 9.17) is 5.73 Å². The quantitative estimate of drug-likeness (QED) is 0.703. The van der Waals surface area contributed by atoms with Crippen LogP contribution in [-0.2, 0) is 6.54 Å². The molecule has 3 heteroatoms. The van der Waals surface area contributed by atoms with Crippen molar-refractivity contribution in [2.45, 2.75) is 18.7 Å². The molecule has 1 aliphatic heterocycles. The zero-order valence-corrected chi connectivity index (χ0v) is 8.13. The molecule has 0 aromatic heterocycles. The number of aliphatic hydroxyl groups excluding tert-OH is 1. The van der Waals surface area contributed by atoms with E-state index in [0.29, 0.717) is 6.54 Å². The maximum atomic E-state index is 9.48. The van der Waals surface area contributed by atoms with E-state index in [0.717, 1.165) is 13.1 Å². The number of aliphatic hydroxyl groups is 1. The Balaban J connectivity index is 1.94. The molecule has 0 aliphatic carbocycles. The molecule has 0 spiro atoms. The highest BCUT2D eigenvalue weighted by molar-refractivity contribution is 5.14.